The number of rotatable bonds is 8. The van der Waals surface area contributed by atoms with Crippen LogP contribution in [0, 0.1) is 16.0 Å². The number of nitrogens with zero attached hydrogens (tertiary/aromatic N) is 1. The van der Waals surface area contributed by atoms with Crippen LogP contribution in [0.25, 0.3) is 0 Å². The number of nitrogens with one attached hydrogen (secondary N) is 2. The summed E-state index contributed by atoms with van der Waals surface area (Å²) >= 11 is 1.32. The summed E-state index contributed by atoms with van der Waals surface area (Å²) in [6.45, 7) is 0.724. The van der Waals surface area contributed by atoms with E-state index in [1.54, 1.807) is 12.1 Å². The number of benzene rings is 2. The lowest BCUT2D eigenvalue weighted by atomic mass is 9.89. The van der Waals surface area contributed by atoms with Crippen molar-refractivity contribution < 1.29 is 14.5 Å². The number of nitro groups is 1. The number of thioether (sulfide) groups is 1. The number of anilines is 1. The molecule has 1 fully saturated rings. The Kier molecular flexibility index (Phi) is 7.84. The maximum Gasteiger partial charge on any atom is 0.269 e. The molecule has 1 aliphatic rings. The third-order valence-corrected chi connectivity index (χ3v) is 6.21. The minimum Gasteiger partial charge on any atom is -0.355 e. The summed E-state index contributed by atoms with van der Waals surface area (Å²) in [5.74, 6) is 0.465. The Bertz CT molecular complexity index is 896. The van der Waals surface area contributed by atoms with Crippen molar-refractivity contribution in [2.24, 2.45) is 5.92 Å². The third kappa shape index (κ3) is 6.32. The molecule has 2 amide bonds. The molecule has 0 atom stereocenters. The Morgan fingerprint density at radius 3 is 2.43 bits per heavy atom. The van der Waals surface area contributed by atoms with Gasteiger partial charge in [-0.25, -0.2) is 0 Å². The van der Waals surface area contributed by atoms with Crippen LogP contribution in [-0.4, -0.2) is 29.0 Å². The highest BCUT2D eigenvalue weighted by molar-refractivity contribution is 8.00. The topological polar surface area (TPSA) is 101 Å². The molecule has 0 radical (unpaired) electrons. The van der Waals surface area contributed by atoms with Crippen molar-refractivity contribution in [1.29, 1.82) is 0 Å². The van der Waals surface area contributed by atoms with Gasteiger partial charge in [-0.3, -0.25) is 19.7 Å². The van der Waals surface area contributed by atoms with Gasteiger partial charge >= 0.3 is 0 Å². The lowest BCUT2D eigenvalue weighted by Gasteiger charge is -2.21. The summed E-state index contributed by atoms with van der Waals surface area (Å²) in [5, 5.41) is 16.5. The maximum atomic E-state index is 12.7. The summed E-state index contributed by atoms with van der Waals surface area (Å²) in [6, 6.07) is 12.8. The second-order valence-corrected chi connectivity index (χ2v) is 8.37. The van der Waals surface area contributed by atoms with Gasteiger partial charge in [0.05, 0.1) is 16.2 Å². The largest absolute Gasteiger partial charge is 0.355 e. The van der Waals surface area contributed by atoms with Gasteiger partial charge < -0.3 is 10.6 Å². The van der Waals surface area contributed by atoms with E-state index in [4.69, 9.17) is 0 Å². The average molecular weight is 428 g/mol. The normalized spacial score (nSPS) is 14.1. The molecule has 0 aliphatic heterocycles. The minimum absolute atomic E-state index is 0.0313. The number of carbonyl (C=O) groups excluding carboxylic acids is 2. The average Bonchev–Trinajstić information content (AvgIpc) is 2.77. The van der Waals surface area contributed by atoms with E-state index >= 15 is 0 Å². The number of amides is 2. The van der Waals surface area contributed by atoms with E-state index in [9.17, 15) is 19.7 Å². The summed E-state index contributed by atoms with van der Waals surface area (Å²) < 4.78 is 0. The molecule has 1 saturated carbocycles. The van der Waals surface area contributed by atoms with Crippen LogP contribution >= 0.6 is 11.8 Å². The molecular weight excluding hydrogens is 402 g/mol. The number of carbonyl (C=O) groups is 2. The summed E-state index contributed by atoms with van der Waals surface area (Å²) in [7, 11) is 0. The van der Waals surface area contributed by atoms with Gasteiger partial charge in [-0.1, -0.05) is 31.4 Å². The smallest absolute Gasteiger partial charge is 0.269 e. The number of hydrogen-bond acceptors (Lipinski definition) is 5. The predicted molar refractivity (Wildman–Crippen MR) is 118 cm³/mol. The Labute approximate surface area is 179 Å². The molecule has 8 heteroatoms. The Hall–Kier alpha value is -2.87. The Morgan fingerprint density at radius 2 is 1.73 bits per heavy atom. The first-order chi connectivity index (χ1) is 14.5. The molecule has 3 rings (SSSR count). The molecule has 1 aliphatic carbocycles. The van der Waals surface area contributed by atoms with Gasteiger partial charge in [0.25, 0.3) is 11.6 Å². The van der Waals surface area contributed by atoms with Gasteiger partial charge in [-0.05, 0) is 43.0 Å². The molecule has 2 aromatic rings. The molecule has 0 unspecified atom stereocenters. The first kappa shape index (κ1) is 21.8. The fourth-order valence-corrected chi connectivity index (χ4v) is 4.37. The number of nitro benzene ring substituents is 1. The van der Waals surface area contributed by atoms with E-state index in [1.807, 2.05) is 12.1 Å². The monoisotopic (exact) mass is 427 g/mol. The molecule has 0 saturated heterocycles. The summed E-state index contributed by atoms with van der Waals surface area (Å²) in [4.78, 5) is 35.9. The van der Waals surface area contributed by atoms with Crippen molar-refractivity contribution in [3.63, 3.8) is 0 Å². The fourth-order valence-electron chi connectivity index (χ4n) is 3.49. The van der Waals surface area contributed by atoms with Gasteiger partial charge in [0.2, 0.25) is 5.91 Å². The van der Waals surface area contributed by atoms with Crippen molar-refractivity contribution in [3.8, 4) is 0 Å². The van der Waals surface area contributed by atoms with Crippen LogP contribution in [0.4, 0.5) is 11.4 Å². The second kappa shape index (κ2) is 10.8. The maximum absolute atomic E-state index is 12.7. The molecule has 0 aromatic heterocycles. The number of non-ortho nitro benzene ring substituents is 1. The van der Waals surface area contributed by atoms with E-state index < -0.39 is 4.92 Å². The van der Waals surface area contributed by atoms with Gasteiger partial charge in [-0.2, -0.15) is 0 Å². The van der Waals surface area contributed by atoms with Gasteiger partial charge in [0.1, 0.15) is 0 Å². The Balaban J connectivity index is 1.54. The second-order valence-electron chi connectivity index (χ2n) is 7.35. The van der Waals surface area contributed by atoms with E-state index in [0.717, 1.165) is 6.54 Å². The molecule has 158 valence electrons. The van der Waals surface area contributed by atoms with Crippen LogP contribution < -0.4 is 10.6 Å². The first-order valence-electron chi connectivity index (χ1n) is 10.1. The van der Waals surface area contributed by atoms with Crippen LogP contribution in [0.5, 0.6) is 0 Å². The van der Waals surface area contributed by atoms with E-state index in [0.29, 0.717) is 22.1 Å². The molecule has 2 N–H and O–H groups in total. The van der Waals surface area contributed by atoms with Crippen molar-refractivity contribution >= 4 is 35.0 Å². The summed E-state index contributed by atoms with van der Waals surface area (Å²) in [6.07, 6.45) is 6.14. The van der Waals surface area contributed by atoms with Crippen molar-refractivity contribution in [1.82, 2.24) is 5.32 Å². The van der Waals surface area contributed by atoms with Gasteiger partial charge in [0.15, 0.2) is 0 Å². The minimum atomic E-state index is -0.489. The lowest BCUT2D eigenvalue weighted by molar-refractivity contribution is -0.384. The zero-order valence-corrected chi connectivity index (χ0v) is 17.5. The highest BCUT2D eigenvalue weighted by Gasteiger charge is 2.16. The first-order valence-corrected chi connectivity index (χ1v) is 11.1. The van der Waals surface area contributed by atoms with Crippen molar-refractivity contribution in [2.75, 3.05) is 17.6 Å². The van der Waals surface area contributed by atoms with Crippen LogP contribution in [0.2, 0.25) is 0 Å². The van der Waals surface area contributed by atoms with E-state index in [1.165, 1.54) is 68.1 Å². The molecule has 7 nitrogen and oxygen atoms in total. The number of hydrogen-bond donors (Lipinski definition) is 2. The van der Waals surface area contributed by atoms with Gasteiger partial charge in [-0.15, -0.1) is 11.8 Å². The van der Waals surface area contributed by atoms with Crippen LogP contribution in [0.15, 0.2) is 53.4 Å². The lowest BCUT2D eigenvalue weighted by Crippen LogP contribution is -2.31. The SMILES string of the molecule is O=C(CSc1ccccc1C(=O)Nc1ccc([N+](=O)[O-])cc1)NCC1CCCCC1. The molecule has 2 aromatic carbocycles. The zero-order valence-electron chi connectivity index (χ0n) is 16.6. The van der Waals surface area contributed by atoms with Gasteiger partial charge in [0, 0.05) is 29.3 Å². The van der Waals surface area contributed by atoms with Crippen LogP contribution in [-0.2, 0) is 4.79 Å². The summed E-state index contributed by atoms with van der Waals surface area (Å²) in [5.41, 5.74) is 0.889. The highest BCUT2D eigenvalue weighted by Crippen LogP contribution is 2.25. The zero-order chi connectivity index (χ0) is 21.3. The van der Waals surface area contributed by atoms with Crippen LogP contribution in [0.1, 0.15) is 42.5 Å². The highest BCUT2D eigenvalue weighted by atomic mass is 32.2. The van der Waals surface area contributed by atoms with Crippen molar-refractivity contribution in [3.05, 3.63) is 64.2 Å². The Morgan fingerprint density at radius 1 is 1.03 bits per heavy atom. The molecule has 0 bridgehead atoms. The standard InChI is InChI=1S/C22H25N3O4S/c26-21(23-14-16-6-2-1-3-7-16)15-30-20-9-5-4-8-19(20)22(27)24-17-10-12-18(13-11-17)25(28)29/h4-5,8-13,16H,1-3,6-7,14-15H2,(H,23,26)(H,24,27). The molecule has 0 spiro atoms. The third-order valence-electron chi connectivity index (χ3n) is 5.14. The van der Waals surface area contributed by atoms with Crippen molar-refractivity contribution in [2.45, 2.75) is 37.0 Å². The van der Waals surface area contributed by atoms with Crippen LogP contribution in [0.3, 0.4) is 0 Å². The van der Waals surface area contributed by atoms with E-state index in [-0.39, 0.29) is 23.3 Å². The molecular formula is C22H25N3O4S. The quantitative estimate of drug-likeness (QED) is 0.363. The molecule has 30 heavy (non-hydrogen) atoms. The molecule has 0 heterocycles. The predicted octanol–water partition coefficient (Wildman–Crippen LogP) is 4.64. The fraction of sp³-hybridized carbons (Fsp3) is 0.364. The van der Waals surface area contributed by atoms with E-state index in [2.05, 4.69) is 10.6 Å².